The normalized spacial score (nSPS) is 10.7. The van der Waals surface area contributed by atoms with E-state index in [0.29, 0.717) is 18.7 Å². The van der Waals surface area contributed by atoms with Crippen molar-refractivity contribution in [3.8, 4) is 0 Å². The Balaban J connectivity index is 1.55. The highest BCUT2D eigenvalue weighted by atomic mass is 16.1. The number of carbonyl (C=O) groups excluding carboxylic acids is 1. The Hall–Kier alpha value is -3.67. The van der Waals surface area contributed by atoms with Gasteiger partial charge in [0.05, 0.1) is 6.54 Å². The second-order valence-electron chi connectivity index (χ2n) is 6.09. The van der Waals surface area contributed by atoms with Crippen LogP contribution in [0.15, 0.2) is 79.3 Å². The third-order valence-electron chi connectivity index (χ3n) is 4.26. The Labute approximate surface area is 156 Å². The minimum atomic E-state index is -0.150. The van der Waals surface area contributed by atoms with Gasteiger partial charge in [-0.25, -0.2) is 4.98 Å². The predicted octanol–water partition coefficient (Wildman–Crippen LogP) is 3.27. The van der Waals surface area contributed by atoms with Crippen molar-refractivity contribution in [2.45, 2.75) is 13.1 Å². The van der Waals surface area contributed by atoms with Crippen LogP contribution >= 0.6 is 0 Å². The largest absolute Gasteiger partial charge is 0.365 e. The van der Waals surface area contributed by atoms with Gasteiger partial charge in [0.15, 0.2) is 0 Å². The molecule has 27 heavy (non-hydrogen) atoms. The number of fused-ring (bicyclic) bond motifs is 1. The van der Waals surface area contributed by atoms with Crippen LogP contribution in [-0.2, 0) is 13.1 Å². The number of carbonyl (C=O) groups is 1. The maximum absolute atomic E-state index is 12.3. The van der Waals surface area contributed by atoms with Gasteiger partial charge in [0.1, 0.15) is 17.2 Å². The maximum Gasteiger partial charge on any atom is 0.251 e. The van der Waals surface area contributed by atoms with Crippen LogP contribution in [0.25, 0.3) is 5.65 Å². The molecule has 0 radical (unpaired) electrons. The highest BCUT2D eigenvalue weighted by Crippen LogP contribution is 2.19. The van der Waals surface area contributed by atoms with Crippen molar-refractivity contribution in [2.75, 3.05) is 5.32 Å². The Kier molecular flexibility index (Phi) is 4.78. The highest BCUT2D eigenvalue weighted by Gasteiger charge is 2.13. The van der Waals surface area contributed by atoms with E-state index in [9.17, 15) is 4.79 Å². The number of hydrogen-bond donors (Lipinski definition) is 2. The van der Waals surface area contributed by atoms with Gasteiger partial charge in [-0.15, -0.1) is 0 Å². The molecular formula is C21H19N5O. The van der Waals surface area contributed by atoms with Crippen molar-refractivity contribution in [2.24, 2.45) is 0 Å². The summed E-state index contributed by atoms with van der Waals surface area (Å²) in [5, 5.41) is 6.39. The number of aromatic nitrogens is 3. The number of anilines is 1. The fourth-order valence-corrected chi connectivity index (χ4v) is 2.91. The van der Waals surface area contributed by atoms with Crippen molar-refractivity contribution in [1.82, 2.24) is 19.7 Å². The second-order valence-corrected chi connectivity index (χ2v) is 6.09. The summed E-state index contributed by atoms with van der Waals surface area (Å²) in [6.07, 6.45) is 5.17. The number of rotatable bonds is 6. The van der Waals surface area contributed by atoms with E-state index in [-0.39, 0.29) is 5.91 Å². The molecule has 3 aromatic heterocycles. The number of amides is 1. The molecule has 0 aliphatic rings. The van der Waals surface area contributed by atoms with Crippen molar-refractivity contribution in [3.63, 3.8) is 0 Å². The maximum atomic E-state index is 12.3. The van der Waals surface area contributed by atoms with E-state index in [1.54, 1.807) is 24.5 Å². The number of nitrogens with zero attached hydrogens (tertiary/aromatic N) is 3. The van der Waals surface area contributed by atoms with Gasteiger partial charge in [-0.05, 0) is 29.8 Å². The first-order valence-electron chi connectivity index (χ1n) is 8.73. The summed E-state index contributed by atoms with van der Waals surface area (Å²) in [7, 11) is 0. The first kappa shape index (κ1) is 16.8. The average Bonchev–Trinajstić information content (AvgIpc) is 3.09. The number of pyridine rings is 2. The molecule has 0 aliphatic heterocycles. The van der Waals surface area contributed by atoms with Gasteiger partial charge in [-0.1, -0.05) is 36.4 Å². The lowest BCUT2D eigenvalue weighted by atomic mass is 10.2. The SMILES string of the molecule is O=C(NCc1nc2ccccn2c1NCc1ccccc1)c1ccncc1. The first-order chi connectivity index (χ1) is 13.3. The van der Waals surface area contributed by atoms with E-state index < -0.39 is 0 Å². The van der Waals surface area contributed by atoms with Gasteiger partial charge in [0.2, 0.25) is 0 Å². The second kappa shape index (κ2) is 7.70. The van der Waals surface area contributed by atoms with Crippen LogP contribution in [-0.4, -0.2) is 20.3 Å². The number of nitrogens with one attached hydrogen (secondary N) is 2. The zero-order valence-corrected chi connectivity index (χ0v) is 14.7. The third kappa shape index (κ3) is 3.79. The molecule has 0 saturated carbocycles. The molecule has 3 heterocycles. The Morgan fingerprint density at radius 1 is 0.926 bits per heavy atom. The molecule has 0 fully saturated rings. The van der Waals surface area contributed by atoms with Crippen molar-refractivity contribution >= 4 is 17.4 Å². The molecule has 0 unspecified atom stereocenters. The van der Waals surface area contributed by atoms with E-state index in [1.165, 1.54) is 5.56 Å². The van der Waals surface area contributed by atoms with E-state index in [0.717, 1.165) is 17.2 Å². The van der Waals surface area contributed by atoms with E-state index >= 15 is 0 Å². The van der Waals surface area contributed by atoms with Gasteiger partial charge >= 0.3 is 0 Å². The number of benzene rings is 1. The number of hydrogen-bond acceptors (Lipinski definition) is 4. The van der Waals surface area contributed by atoms with Crippen LogP contribution in [0.2, 0.25) is 0 Å². The third-order valence-corrected chi connectivity index (χ3v) is 4.26. The minimum absolute atomic E-state index is 0.150. The average molecular weight is 357 g/mol. The summed E-state index contributed by atoms with van der Waals surface area (Å²) in [5.74, 6) is 0.730. The molecule has 4 rings (SSSR count). The molecule has 6 nitrogen and oxygen atoms in total. The molecule has 0 spiro atoms. The van der Waals surface area contributed by atoms with E-state index in [1.807, 2.05) is 47.0 Å². The summed E-state index contributed by atoms with van der Waals surface area (Å²) in [4.78, 5) is 20.9. The van der Waals surface area contributed by atoms with Gasteiger partial charge in [0, 0.05) is 30.7 Å². The summed E-state index contributed by atoms with van der Waals surface area (Å²) < 4.78 is 2.00. The van der Waals surface area contributed by atoms with Gasteiger partial charge in [-0.3, -0.25) is 14.2 Å². The number of imidazole rings is 1. The molecule has 4 aromatic rings. The Morgan fingerprint density at radius 2 is 1.70 bits per heavy atom. The smallest absolute Gasteiger partial charge is 0.251 e. The van der Waals surface area contributed by atoms with E-state index in [2.05, 4.69) is 32.7 Å². The quantitative estimate of drug-likeness (QED) is 0.556. The summed E-state index contributed by atoms with van der Waals surface area (Å²) >= 11 is 0. The molecule has 1 amide bonds. The molecule has 0 aliphatic carbocycles. The van der Waals surface area contributed by atoms with Gasteiger partial charge in [0.25, 0.3) is 5.91 Å². The van der Waals surface area contributed by atoms with Crippen LogP contribution in [0, 0.1) is 0 Å². The predicted molar refractivity (Wildman–Crippen MR) is 104 cm³/mol. The van der Waals surface area contributed by atoms with Gasteiger partial charge < -0.3 is 10.6 Å². The summed E-state index contributed by atoms with van der Waals surface area (Å²) in [5.41, 5.74) is 3.38. The summed E-state index contributed by atoms with van der Waals surface area (Å²) in [6, 6.07) is 19.4. The Bertz CT molecular complexity index is 1040. The topological polar surface area (TPSA) is 71.3 Å². The minimum Gasteiger partial charge on any atom is -0.365 e. The summed E-state index contributed by atoms with van der Waals surface area (Å²) in [6.45, 7) is 1.01. The van der Waals surface area contributed by atoms with Crippen LogP contribution in [0.4, 0.5) is 5.82 Å². The first-order valence-corrected chi connectivity index (χ1v) is 8.73. The van der Waals surface area contributed by atoms with Crippen LogP contribution in [0.3, 0.4) is 0 Å². The monoisotopic (exact) mass is 357 g/mol. The molecular weight excluding hydrogens is 338 g/mol. The molecule has 134 valence electrons. The lowest BCUT2D eigenvalue weighted by molar-refractivity contribution is 0.0950. The molecule has 6 heteroatoms. The van der Waals surface area contributed by atoms with Crippen molar-refractivity contribution in [3.05, 3.63) is 96.1 Å². The standard InChI is InChI=1S/C21H19N5O/c27-21(17-9-11-22-12-10-17)24-15-18-20(23-14-16-6-2-1-3-7-16)26-13-5-4-8-19(26)25-18/h1-13,23H,14-15H2,(H,24,27). The van der Waals surface area contributed by atoms with Crippen molar-refractivity contribution in [1.29, 1.82) is 0 Å². The lowest BCUT2D eigenvalue weighted by Crippen LogP contribution is -2.23. The van der Waals surface area contributed by atoms with Gasteiger partial charge in [-0.2, -0.15) is 0 Å². The zero-order chi connectivity index (χ0) is 18.5. The Morgan fingerprint density at radius 3 is 2.52 bits per heavy atom. The molecule has 0 saturated heterocycles. The van der Waals surface area contributed by atoms with Crippen LogP contribution in [0.1, 0.15) is 21.6 Å². The lowest BCUT2D eigenvalue weighted by Gasteiger charge is -2.10. The molecule has 0 bridgehead atoms. The fourth-order valence-electron chi connectivity index (χ4n) is 2.91. The van der Waals surface area contributed by atoms with Crippen molar-refractivity contribution < 1.29 is 4.79 Å². The highest BCUT2D eigenvalue weighted by molar-refractivity contribution is 5.93. The van der Waals surface area contributed by atoms with E-state index in [4.69, 9.17) is 0 Å². The van der Waals surface area contributed by atoms with Crippen LogP contribution in [0.5, 0.6) is 0 Å². The zero-order valence-electron chi connectivity index (χ0n) is 14.7. The molecule has 0 atom stereocenters. The molecule has 2 N–H and O–H groups in total. The fraction of sp³-hybridized carbons (Fsp3) is 0.0952. The molecule has 1 aromatic carbocycles. The van der Waals surface area contributed by atoms with Crippen LogP contribution < -0.4 is 10.6 Å².